The van der Waals surface area contributed by atoms with Crippen molar-refractivity contribution in [3.8, 4) is 0 Å². The summed E-state index contributed by atoms with van der Waals surface area (Å²) in [6.07, 6.45) is 0. The maximum absolute atomic E-state index is 13.3. The van der Waals surface area contributed by atoms with Crippen molar-refractivity contribution in [1.29, 1.82) is 0 Å². The summed E-state index contributed by atoms with van der Waals surface area (Å²) in [6.45, 7) is 1.68. The van der Waals surface area contributed by atoms with Crippen molar-refractivity contribution in [3.63, 3.8) is 0 Å². The Morgan fingerprint density at radius 3 is 2.42 bits per heavy atom. The summed E-state index contributed by atoms with van der Waals surface area (Å²) in [5, 5.41) is -0.0521. The summed E-state index contributed by atoms with van der Waals surface area (Å²) in [7, 11) is 0. The van der Waals surface area contributed by atoms with Crippen LogP contribution < -0.4 is 0 Å². The van der Waals surface area contributed by atoms with Gasteiger partial charge in [-0.05, 0) is 30.2 Å². The molecule has 2 atom stereocenters. The molecule has 5 nitrogen and oxygen atoms in total. The van der Waals surface area contributed by atoms with E-state index in [0.29, 0.717) is 5.56 Å². The van der Waals surface area contributed by atoms with E-state index in [4.69, 9.17) is 20.9 Å². The number of halogens is 2. The fraction of sp³-hybridized carbons (Fsp3) is 0.222. The van der Waals surface area contributed by atoms with Crippen LogP contribution in [0.15, 0.2) is 42.5 Å². The Labute approximate surface area is 157 Å². The lowest BCUT2D eigenvalue weighted by Crippen LogP contribution is -2.25. The van der Waals surface area contributed by atoms with E-state index in [1.807, 2.05) is 0 Å². The molecule has 0 bridgehead atoms. The molecule has 26 heavy (non-hydrogen) atoms. The number of hydrogen-bond donors (Lipinski definition) is 1. The van der Waals surface area contributed by atoms with Gasteiger partial charge in [-0.2, -0.15) is 0 Å². The first-order valence-electron chi connectivity index (χ1n) is 7.65. The van der Waals surface area contributed by atoms with E-state index in [0.717, 1.165) is 12.1 Å². The van der Waals surface area contributed by atoms with Crippen LogP contribution in [0.4, 0.5) is 4.39 Å². The van der Waals surface area contributed by atoms with Gasteiger partial charge >= 0.3 is 5.97 Å². The number of Topliss-reactive ketones (excluding diaryl/α,β-unsaturated/α-hetero) is 1. The highest BCUT2D eigenvalue weighted by Crippen LogP contribution is 2.30. The van der Waals surface area contributed by atoms with E-state index in [-0.39, 0.29) is 28.5 Å². The lowest BCUT2D eigenvalue weighted by atomic mass is 9.90. The topological polar surface area (TPSA) is 80.7 Å². The highest BCUT2D eigenvalue weighted by atomic mass is 35.5. The highest BCUT2D eigenvalue weighted by Gasteiger charge is 2.32. The van der Waals surface area contributed by atoms with Gasteiger partial charge < -0.3 is 9.29 Å². The van der Waals surface area contributed by atoms with Crippen LogP contribution in [-0.4, -0.2) is 27.1 Å². The molecule has 2 aromatic carbocycles. The maximum atomic E-state index is 13.3. The second-order valence-corrected chi connectivity index (χ2v) is 6.72. The van der Waals surface area contributed by atoms with Crippen LogP contribution in [0.25, 0.3) is 0 Å². The molecule has 138 valence electrons. The number of esters is 1. The minimum Gasteiger partial charge on any atom is -0.465 e. The first-order valence-corrected chi connectivity index (χ1v) is 9.31. The third-order valence-electron chi connectivity index (χ3n) is 3.59. The van der Waals surface area contributed by atoms with Crippen LogP contribution in [0.5, 0.6) is 0 Å². The third-order valence-corrected chi connectivity index (χ3v) is 4.49. The van der Waals surface area contributed by atoms with Crippen molar-refractivity contribution >= 4 is 34.4 Å². The van der Waals surface area contributed by atoms with E-state index in [1.165, 1.54) is 30.3 Å². The largest absolute Gasteiger partial charge is 0.465 e. The Balaban J connectivity index is 2.40. The average Bonchev–Trinajstić information content (AvgIpc) is 2.57. The zero-order valence-corrected chi connectivity index (χ0v) is 15.3. The van der Waals surface area contributed by atoms with Gasteiger partial charge in [-0.15, -0.1) is 0 Å². The number of rotatable bonds is 7. The normalized spacial score (nSPS) is 13.1. The molecule has 0 spiro atoms. The van der Waals surface area contributed by atoms with Gasteiger partial charge in [-0.25, -0.2) is 8.60 Å². The van der Waals surface area contributed by atoms with E-state index in [9.17, 15) is 18.2 Å². The zero-order valence-electron chi connectivity index (χ0n) is 13.8. The molecular weight excluding hydrogens is 383 g/mol. The van der Waals surface area contributed by atoms with Gasteiger partial charge in [0, 0.05) is 10.6 Å². The molecule has 8 heteroatoms. The molecule has 0 radical (unpaired) electrons. The molecule has 0 saturated carbocycles. The average molecular weight is 399 g/mol. The molecule has 0 aromatic heterocycles. The van der Waals surface area contributed by atoms with E-state index >= 15 is 0 Å². The minimum absolute atomic E-state index is 0.0521. The predicted molar refractivity (Wildman–Crippen MR) is 96.0 cm³/mol. The monoisotopic (exact) mass is 398 g/mol. The number of carbonyl (C=O) groups is 2. The van der Waals surface area contributed by atoms with Crippen molar-refractivity contribution in [1.82, 2.24) is 0 Å². The van der Waals surface area contributed by atoms with Gasteiger partial charge in [0.25, 0.3) is 0 Å². The lowest BCUT2D eigenvalue weighted by Gasteiger charge is -2.16. The van der Waals surface area contributed by atoms with E-state index < -0.39 is 34.6 Å². The van der Waals surface area contributed by atoms with Crippen molar-refractivity contribution in [2.45, 2.75) is 18.6 Å². The van der Waals surface area contributed by atoms with Crippen LogP contribution in [-0.2, 0) is 26.4 Å². The van der Waals surface area contributed by atoms with Crippen LogP contribution in [0.2, 0.25) is 5.02 Å². The summed E-state index contributed by atoms with van der Waals surface area (Å²) in [5.41, 5.74) is 0.919. The molecule has 0 fully saturated rings. The van der Waals surface area contributed by atoms with Crippen LogP contribution >= 0.6 is 11.6 Å². The second-order valence-electron chi connectivity index (χ2n) is 5.38. The molecule has 0 aliphatic carbocycles. The van der Waals surface area contributed by atoms with Gasteiger partial charge in [0.15, 0.2) is 16.9 Å². The van der Waals surface area contributed by atoms with Gasteiger partial charge in [-0.1, -0.05) is 41.9 Å². The van der Waals surface area contributed by atoms with Crippen LogP contribution in [0, 0.1) is 5.82 Å². The minimum atomic E-state index is -2.00. The lowest BCUT2D eigenvalue weighted by molar-refractivity contribution is -0.143. The quantitative estimate of drug-likeness (QED) is 0.332. The van der Waals surface area contributed by atoms with Crippen molar-refractivity contribution < 1.29 is 27.5 Å². The molecule has 0 amide bonds. The van der Waals surface area contributed by atoms with Gasteiger partial charge in [0.1, 0.15) is 11.7 Å². The smallest absolute Gasteiger partial charge is 0.321 e. The fourth-order valence-corrected chi connectivity index (χ4v) is 3.16. The Bertz CT molecular complexity index is 838. The Kier molecular flexibility index (Phi) is 7.02. The number of carbonyl (C=O) groups excluding carboxylic acids is 2. The van der Waals surface area contributed by atoms with E-state index in [2.05, 4.69) is 0 Å². The standard InChI is InChI=1S/C18H16ClFO5S/c1-2-25-18(22)16(14-8-7-13(20)9-15(14)19)17(21)12-5-3-11(4-6-12)10-26(23)24/h3-9,16H,2,10H2,1H3,(H,23,24). The van der Waals surface area contributed by atoms with Crippen LogP contribution in [0.3, 0.4) is 0 Å². The summed E-state index contributed by atoms with van der Waals surface area (Å²) < 4.78 is 38.0. The molecule has 1 N–H and O–H groups in total. The predicted octanol–water partition coefficient (Wildman–Crippen LogP) is 3.73. The Morgan fingerprint density at radius 1 is 1.23 bits per heavy atom. The molecule has 0 aliphatic heterocycles. The maximum Gasteiger partial charge on any atom is 0.321 e. The molecule has 0 heterocycles. The molecule has 2 rings (SSSR count). The van der Waals surface area contributed by atoms with Gasteiger partial charge in [-0.3, -0.25) is 9.59 Å². The zero-order chi connectivity index (χ0) is 19.3. The van der Waals surface area contributed by atoms with Gasteiger partial charge in [0.05, 0.1) is 12.4 Å². The summed E-state index contributed by atoms with van der Waals surface area (Å²) in [4.78, 5) is 25.2. The van der Waals surface area contributed by atoms with Crippen molar-refractivity contribution in [2.75, 3.05) is 6.61 Å². The molecule has 2 unspecified atom stereocenters. The first-order chi connectivity index (χ1) is 12.3. The fourth-order valence-electron chi connectivity index (χ4n) is 2.41. The Hall–Kier alpha value is -2.09. The summed E-state index contributed by atoms with van der Waals surface area (Å²) >= 11 is 4.02. The van der Waals surface area contributed by atoms with Crippen molar-refractivity contribution in [2.24, 2.45) is 0 Å². The number of benzene rings is 2. The van der Waals surface area contributed by atoms with Gasteiger partial charge in [0.2, 0.25) is 0 Å². The second kappa shape index (κ2) is 9.02. The highest BCUT2D eigenvalue weighted by molar-refractivity contribution is 7.78. The molecule has 0 saturated heterocycles. The first kappa shape index (κ1) is 20.2. The molecule has 2 aromatic rings. The van der Waals surface area contributed by atoms with Crippen molar-refractivity contribution in [3.05, 3.63) is 70.0 Å². The number of hydrogen-bond acceptors (Lipinski definition) is 4. The summed E-state index contributed by atoms with van der Waals surface area (Å²) in [6, 6.07) is 9.37. The summed E-state index contributed by atoms with van der Waals surface area (Å²) in [5.74, 6) is -3.34. The Morgan fingerprint density at radius 2 is 1.88 bits per heavy atom. The SMILES string of the molecule is CCOC(=O)C(C(=O)c1ccc(CS(=O)O)cc1)c1ccc(F)cc1Cl. The number of ether oxygens (including phenoxy) is 1. The molecular formula is C18H16ClFO5S. The van der Waals surface area contributed by atoms with E-state index in [1.54, 1.807) is 6.92 Å². The molecule has 0 aliphatic rings. The third kappa shape index (κ3) is 4.97. The van der Waals surface area contributed by atoms with Crippen LogP contribution in [0.1, 0.15) is 34.3 Å². The number of ketones is 1.